The highest BCUT2D eigenvalue weighted by molar-refractivity contribution is 6.42. The molecule has 0 aliphatic carbocycles. The second kappa shape index (κ2) is 5.00. The molecule has 0 spiro atoms. The van der Waals surface area contributed by atoms with Crippen molar-refractivity contribution in [1.82, 2.24) is 4.98 Å². The van der Waals surface area contributed by atoms with Crippen molar-refractivity contribution >= 4 is 23.2 Å². The first-order valence-electron chi connectivity index (χ1n) is 4.83. The molecule has 1 heterocycles. The highest BCUT2D eigenvalue weighted by Crippen LogP contribution is 2.29. The van der Waals surface area contributed by atoms with E-state index in [4.69, 9.17) is 28.3 Å². The molecule has 2 nitrogen and oxygen atoms in total. The number of halogens is 3. The Balaban J connectivity index is 2.55. The van der Waals surface area contributed by atoms with Gasteiger partial charge in [-0.05, 0) is 29.8 Å². The number of benzene rings is 1. The number of hydrogen-bond donors (Lipinski definition) is 1. The summed E-state index contributed by atoms with van der Waals surface area (Å²) >= 11 is 11.7. The van der Waals surface area contributed by atoms with Crippen LogP contribution in [0.3, 0.4) is 0 Å². The lowest BCUT2D eigenvalue weighted by atomic mass is 10.0. The molecule has 0 atom stereocenters. The average molecular weight is 272 g/mol. The van der Waals surface area contributed by atoms with E-state index in [1.807, 2.05) is 0 Å². The minimum atomic E-state index is -0.627. The third-order valence-electron chi connectivity index (χ3n) is 2.32. The van der Waals surface area contributed by atoms with E-state index in [-0.39, 0.29) is 12.3 Å². The molecule has 88 valence electrons. The van der Waals surface area contributed by atoms with Crippen molar-refractivity contribution in [2.45, 2.75) is 6.61 Å². The molecular formula is C12H8Cl2FNO. The highest BCUT2D eigenvalue weighted by Gasteiger charge is 2.09. The second-order valence-corrected chi connectivity index (χ2v) is 4.23. The first-order valence-corrected chi connectivity index (χ1v) is 5.59. The van der Waals surface area contributed by atoms with Crippen molar-refractivity contribution in [3.63, 3.8) is 0 Å². The van der Waals surface area contributed by atoms with Crippen LogP contribution >= 0.6 is 23.2 Å². The van der Waals surface area contributed by atoms with E-state index in [2.05, 4.69) is 4.98 Å². The number of aliphatic hydroxyl groups excluding tert-OH is 1. The van der Waals surface area contributed by atoms with Crippen LogP contribution in [-0.4, -0.2) is 10.1 Å². The molecule has 0 amide bonds. The van der Waals surface area contributed by atoms with Crippen LogP contribution in [0, 0.1) is 5.95 Å². The molecule has 0 fully saturated rings. The van der Waals surface area contributed by atoms with Crippen LogP contribution in [-0.2, 0) is 6.61 Å². The standard InChI is InChI=1S/C12H8Cl2FNO/c13-9-3-1-7(5-10(9)14)8-2-4-12(15)16-11(8)6-17/h1-5,17H,6H2. The van der Waals surface area contributed by atoms with Crippen molar-refractivity contribution < 1.29 is 9.50 Å². The first kappa shape index (κ1) is 12.3. The monoisotopic (exact) mass is 271 g/mol. The summed E-state index contributed by atoms with van der Waals surface area (Å²) < 4.78 is 12.9. The Morgan fingerprint density at radius 3 is 2.53 bits per heavy atom. The van der Waals surface area contributed by atoms with E-state index in [1.165, 1.54) is 6.07 Å². The van der Waals surface area contributed by atoms with Gasteiger partial charge in [0, 0.05) is 5.56 Å². The lowest BCUT2D eigenvalue weighted by Crippen LogP contribution is -1.96. The number of pyridine rings is 1. The molecule has 1 N–H and O–H groups in total. The molecule has 2 aromatic rings. The molecule has 0 unspecified atom stereocenters. The van der Waals surface area contributed by atoms with Gasteiger partial charge in [-0.2, -0.15) is 4.39 Å². The smallest absolute Gasteiger partial charge is 0.213 e. The van der Waals surface area contributed by atoms with Gasteiger partial charge in [-0.1, -0.05) is 29.3 Å². The summed E-state index contributed by atoms with van der Waals surface area (Å²) in [5, 5.41) is 9.98. The first-order chi connectivity index (χ1) is 8.11. The summed E-state index contributed by atoms with van der Waals surface area (Å²) in [6, 6.07) is 7.81. The lowest BCUT2D eigenvalue weighted by Gasteiger charge is -2.07. The van der Waals surface area contributed by atoms with E-state index in [0.29, 0.717) is 15.6 Å². The van der Waals surface area contributed by atoms with Gasteiger partial charge in [0.05, 0.1) is 22.3 Å². The normalized spacial score (nSPS) is 10.6. The zero-order valence-electron chi connectivity index (χ0n) is 8.62. The van der Waals surface area contributed by atoms with Crippen molar-refractivity contribution in [2.75, 3.05) is 0 Å². The van der Waals surface area contributed by atoms with Crippen LogP contribution in [0.25, 0.3) is 11.1 Å². The maximum Gasteiger partial charge on any atom is 0.213 e. The minimum Gasteiger partial charge on any atom is -0.390 e. The van der Waals surface area contributed by atoms with Crippen molar-refractivity contribution in [3.05, 3.63) is 52.0 Å². The average Bonchev–Trinajstić information content (AvgIpc) is 2.32. The number of aliphatic hydroxyl groups is 1. The van der Waals surface area contributed by atoms with Gasteiger partial charge in [-0.25, -0.2) is 4.98 Å². The topological polar surface area (TPSA) is 33.1 Å². The third kappa shape index (κ3) is 2.57. The van der Waals surface area contributed by atoms with Crippen molar-refractivity contribution in [2.24, 2.45) is 0 Å². The molecule has 1 aromatic carbocycles. The van der Waals surface area contributed by atoms with Gasteiger partial charge in [0.25, 0.3) is 0 Å². The largest absolute Gasteiger partial charge is 0.390 e. The predicted molar refractivity (Wildman–Crippen MR) is 65.6 cm³/mol. The fraction of sp³-hybridized carbons (Fsp3) is 0.0833. The van der Waals surface area contributed by atoms with Gasteiger partial charge >= 0.3 is 0 Å². The van der Waals surface area contributed by atoms with Crippen LogP contribution in [0.15, 0.2) is 30.3 Å². The van der Waals surface area contributed by atoms with Crippen LogP contribution in [0.4, 0.5) is 4.39 Å². The van der Waals surface area contributed by atoms with E-state index < -0.39 is 5.95 Å². The molecule has 0 bridgehead atoms. The predicted octanol–water partition coefficient (Wildman–Crippen LogP) is 3.69. The summed E-state index contributed by atoms with van der Waals surface area (Å²) in [4.78, 5) is 3.63. The second-order valence-electron chi connectivity index (χ2n) is 3.42. The minimum absolute atomic E-state index is 0.267. The SMILES string of the molecule is OCc1nc(F)ccc1-c1ccc(Cl)c(Cl)c1. The molecule has 0 aliphatic rings. The molecule has 0 aliphatic heterocycles. The number of nitrogens with zero attached hydrogens (tertiary/aromatic N) is 1. The highest BCUT2D eigenvalue weighted by atomic mass is 35.5. The van der Waals surface area contributed by atoms with Gasteiger partial charge in [-0.15, -0.1) is 0 Å². The van der Waals surface area contributed by atoms with Crippen molar-refractivity contribution in [1.29, 1.82) is 0 Å². The molecule has 0 saturated heterocycles. The Bertz CT molecular complexity index is 560. The fourth-order valence-corrected chi connectivity index (χ4v) is 1.82. The van der Waals surface area contributed by atoms with E-state index >= 15 is 0 Å². The summed E-state index contributed by atoms with van der Waals surface area (Å²) in [6.45, 7) is -0.340. The number of aromatic nitrogens is 1. The van der Waals surface area contributed by atoms with E-state index in [0.717, 1.165) is 5.56 Å². The summed E-state index contributed by atoms with van der Waals surface area (Å²) in [7, 11) is 0. The quantitative estimate of drug-likeness (QED) is 0.846. The fourth-order valence-electron chi connectivity index (χ4n) is 1.52. The van der Waals surface area contributed by atoms with Crippen LogP contribution in [0.5, 0.6) is 0 Å². The molecule has 5 heteroatoms. The van der Waals surface area contributed by atoms with Gasteiger partial charge in [0.2, 0.25) is 5.95 Å². The Morgan fingerprint density at radius 2 is 1.88 bits per heavy atom. The Kier molecular flexibility index (Phi) is 3.62. The van der Waals surface area contributed by atoms with E-state index in [1.54, 1.807) is 24.3 Å². The number of rotatable bonds is 2. The summed E-state index contributed by atoms with van der Waals surface area (Å²) in [5.41, 5.74) is 1.63. The molecule has 2 rings (SSSR count). The molecular weight excluding hydrogens is 264 g/mol. The number of hydrogen-bond acceptors (Lipinski definition) is 2. The Morgan fingerprint density at radius 1 is 1.12 bits per heavy atom. The van der Waals surface area contributed by atoms with Crippen molar-refractivity contribution in [3.8, 4) is 11.1 Å². The third-order valence-corrected chi connectivity index (χ3v) is 3.06. The van der Waals surface area contributed by atoms with Gasteiger partial charge in [0.15, 0.2) is 0 Å². The maximum atomic E-state index is 12.9. The molecule has 0 radical (unpaired) electrons. The molecule has 0 saturated carbocycles. The zero-order chi connectivity index (χ0) is 12.4. The molecule has 1 aromatic heterocycles. The van der Waals surface area contributed by atoms with Gasteiger partial charge < -0.3 is 5.11 Å². The lowest BCUT2D eigenvalue weighted by molar-refractivity contribution is 0.275. The van der Waals surface area contributed by atoms with Gasteiger partial charge in [0.1, 0.15) is 0 Å². The van der Waals surface area contributed by atoms with Gasteiger partial charge in [-0.3, -0.25) is 0 Å². The van der Waals surface area contributed by atoms with Crippen LogP contribution in [0.2, 0.25) is 10.0 Å². The summed E-state index contributed by atoms with van der Waals surface area (Å²) in [5.74, 6) is -0.627. The van der Waals surface area contributed by atoms with Crippen LogP contribution < -0.4 is 0 Å². The van der Waals surface area contributed by atoms with E-state index in [9.17, 15) is 4.39 Å². The molecule has 17 heavy (non-hydrogen) atoms. The Hall–Kier alpha value is -1.16. The zero-order valence-corrected chi connectivity index (χ0v) is 10.1. The van der Waals surface area contributed by atoms with Crippen LogP contribution in [0.1, 0.15) is 5.69 Å². The summed E-state index contributed by atoms with van der Waals surface area (Å²) in [6.07, 6.45) is 0. The Labute approximate surface area is 108 Å². The maximum absolute atomic E-state index is 12.9.